The number of nitrogens with two attached hydrogens (primary N) is 1. The molecule has 126 valence electrons. The van der Waals surface area contributed by atoms with Crippen LogP contribution in [0.2, 0.25) is 0 Å². The molecule has 0 spiro atoms. The summed E-state index contributed by atoms with van der Waals surface area (Å²) in [5.41, 5.74) is 7.89. The average molecular weight is 429 g/mol. The molecule has 3 rings (SSSR count). The SMILES string of the molecule is COc1ccc2c(c1)nc(CN=C(N)NCC1CCC1)n2C.I. The summed E-state index contributed by atoms with van der Waals surface area (Å²) >= 11 is 0. The molecule has 2 aromatic rings. The first kappa shape index (κ1) is 17.8. The predicted molar refractivity (Wildman–Crippen MR) is 103 cm³/mol. The third kappa shape index (κ3) is 4.07. The van der Waals surface area contributed by atoms with Gasteiger partial charge in [0.05, 0.1) is 18.1 Å². The lowest BCUT2D eigenvalue weighted by atomic mass is 9.85. The Hall–Kier alpha value is -1.51. The van der Waals surface area contributed by atoms with Crippen LogP contribution in [-0.2, 0) is 13.6 Å². The van der Waals surface area contributed by atoms with Crippen molar-refractivity contribution in [3.8, 4) is 5.75 Å². The summed E-state index contributed by atoms with van der Waals surface area (Å²) in [6, 6.07) is 5.87. The zero-order valence-electron chi connectivity index (χ0n) is 13.6. The number of aromatic nitrogens is 2. The van der Waals surface area contributed by atoms with Crippen molar-refractivity contribution in [2.24, 2.45) is 23.7 Å². The summed E-state index contributed by atoms with van der Waals surface area (Å²) in [6.07, 6.45) is 3.94. The number of rotatable bonds is 5. The van der Waals surface area contributed by atoms with Crippen molar-refractivity contribution in [2.75, 3.05) is 13.7 Å². The van der Waals surface area contributed by atoms with Crippen molar-refractivity contribution in [1.29, 1.82) is 0 Å². The fourth-order valence-corrected chi connectivity index (χ4v) is 2.66. The van der Waals surface area contributed by atoms with Gasteiger partial charge in [0.2, 0.25) is 0 Å². The first-order chi connectivity index (χ1) is 10.7. The van der Waals surface area contributed by atoms with Gasteiger partial charge in [-0.05, 0) is 30.9 Å². The Morgan fingerprint density at radius 3 is 2.91 bits per heavy atom. The van der Waals surface area contributed by atoms with E-state index in [1.165, 1.54) is 19.3 Å². The number of nitrogens with zero attached hydrogens (tertiary/aromatic N) is 3. The highest BCUT2D eigenvalue weighted by Gasteiger charge is 2.16. The number of hydrogen-bond acceptors (Lipinski definition) is 3. The van der Waals surface area contributed by atoms with E-state index in [1.54, 1.807) is 7.11 Å². The Kier molecular flexibility index (Phi) is 6.09. The van der Waals surface area contributed by atoms with Crippen LogP contribution < -0.4 is 15.8 Å². The normalized spacial score (nSPS) is 15.1. The summed E-state index contributed by atoms with van der Waals surface area (Å²) in [6.45, 7) is 1.39. The first-order valence-corrected chi connectivity index (χ1v) is 7.70. The summed E-state index contributed by atoms with van der Waals surface area (Å²) in [7, 11) is 3.65. The molecular formula is C16H24IN5O. The van der Waals surface area contributed by atoms with Crippen LogP contribution in [0.25, 0.3) is 11.0 Å². The highest BCUT2D eigenvalue weighted by Crippen LogP contribution is 2.25. The number of hydrogen-bond donors (Lipinski definition) is 2. The Morgan fingerprint density at radius 1 is 1.48 bits per heavy atom. The van der Waals surface area contributed by atoms with Crippen LogP contribution in [0.1, 0.15) is 25.1 Å². The maximum atomic E-state index is 5.92. The minimum absolute atomic E-state index is 0. The molecule has 0 unspecified atom stereocenters. The first-order valence-electron chi connectivity index (χ1n) is 7.70. The molecule has 1 aromatic heterocycles. The molecule has 0 atom stereocenters. The number of fused-ring (bicyclic) bond motifs is 1. The Labute approximate surface area is 153 Å². The van der Waals surface area contributed by atoms with E-state index in [1.807, 2.05) is 29.8 Å². The van der Waals surface area contributed by atoms with Gasteiger partial charge in [-0.3, -0.25) is 0 Å². The lowest BCUT2D eigenvalue weighted by Crippen LogP contribution is -2.37. The van der Waals surface area contributed by atoms with Crippen molar-refractivity contribution in [3.63, 3.8) is 0 Å². The third-order valence-corrected chi connectivity index (χ3v) is 4.37. The second kappa shape index (κ2) is 7.85. The van der Waals surface area contributed by atoms with Crippen molar-refractivity contribution in [3.05, 3.63) is 24.0 Å². The van der Waals surface area contributed by atoms with E-state index in [2.05, 4.69) is 15.3 Å². The number of methoxy groups -OCH3 is 1. The van der Waals surface area contributed by atoms with Crippen molar-refractivity contribution >= 4 is 41.0 Å². The van der Waals surface area contributed by atoms with Crippen LogP contribution in [-0.4, -0.2) is 29.2 Å². The second-order valence-corrected chi connectivity index (χ2v) is 5.82. The molecule has 1 aliphatic carbocycles. The zero-order valence-corrected chi connectivity index (χ0v) is 15.9. The Balaban J connectivity index is 0.00000192. The van der Waals surface area contributed by atoms with Crippen LogP contribution in [0.4, 0.5) is 0 Å². The number of aryl methyl sites for hydroxylation is 1. The number of imidazole rings is 1. The molecule has 1 saturated carbocycles. The summed E-state index contributed by atoms with van der Waals surface area (Å²) in [4.78, 5) is 9.00. The van der Waals surface area contributed by atoms with Crippen LogP contribution in [0, 0.1) is 5.92 Å². The predicted octanol–water partition coefficient (Wildman–Crippen LogP) is 2.40. The summed E-state index contributed by atoms with van der Waals surface area (Å²) in [5, 5.41) is 3.20. The molecule has 1 aliphatic rings. The molecule has 1 aromatic carbocycles. The monoisotopic (exact) mass is 429 g/mol. The molecule has 6 nitrogen and oxygen atoms in total. The largest absolute Gasteiger partial charge is 0.497 e. The Morgan fingerprint density at radius 2 is 2.26 bits per heavy atom. The van der Waals surface area contributed by atoms with Gasteiger partial charge in [-0.25, -0.2) is 9.98 Å². The lowest BCUT2D eigenvalue weighted by molar-refractivity contribution is 0.315. The van der Waals surface area contributed by atoms with Gasteiger partial charge >= 0.3 is 0 Å². The molecule has 1 heterocycles. The molecule has 0 saturated heterocycles. The van der Waals surface area contributed by atoms with Crippen molar-refractivity contribution in [1.82, 2.24) is 14.9 Å². The number of aliphatic imine (C=N–C) groups is 1. The molecular weight excluding hydrogens is 405 g/mol. The number of guanidine groups is 1. The van der Waals surface area contributed by atoms with Gasteiger partial charge in [-0.2, -0.15) is 0 Å². The standard InChI is InChI=1S/C16H23N5O.HI/c1-21-14-7-6-12(22-2)8-13(14)20-15(21)10-19-16(17)18-9-11-4-3-5-11;/h6-8,11H,3-5,9-10H2,1-2H3,(H3,17,18,19);1H. The molecule has 7 heteroatoms. The van der Waals surface area contributed by atoms with E-state index in [4.69, 9.17) is 10.5 Å². The minimum atomic E-state index is 0. The highest BCUT2D eigenvalue weighted by atomic mass is 127. The maximum absolute atomic E-state index is 5.92. The lowest BCUT2D eigenvalue weighted by Gasteiger charge is -2.25. The number of halogens is 1. The summed E-state index contributed by atoms with van der Waals surface area (Å²) < 4.78 is 7.27. The third-order valence-electron chi connectivity index (χ3n) is 4.37. The van der Waals surface area contributed by atoms with Gasteiger partial charge in [-0.15, -0.1) is 24.0 Å². The van der Waals surface area contributed by atoms with E-state index in [-0.39, 0.29) is 24.0 Å². The van der Waals surface area contributed by atoms with E-state index in [0.717, 1.165) is 35.1 Å². The molecule has 0 radical (unpaired) electrons. The van der Waals surface area contributed by atoms with Crippen LogP contribution >= 0.6 is 24.0 Å². The van der Waals surface area contributed by atoms with Crippen molar-refractivity contribution in [2.45, 2.75) is 25.8 Å². The van der Waals surface area contributed by atoms with E-state index in [0.29, 0.717) is 12.5 Å². The Bertz CT molecular complexity index is 693. The van der Waals surface area contributed by atoms with Gasteiger partial charge in [-0.1, -0.05) is 6.42 Å². The average Bonchev–Trinajstić information content (AvgIpc) is 2.79. The molecule has 0 aliphatic heterocycles. The van der Waals surface area contributed by atoms with Gasteiger partial charge in [0, 0.05) is 19.7 Å². The van der Waals surface area contributed by atoms with Crippen LogP contribution in [0.3, 0.4) is 0 Å². The zero-order chi connectivity index (χ0) is 15.5. The van der Waals surface area contributed by atoms with E-state index < -0.39 is 0 Å². The molecule has 1 fully saturated rings. The smallest absolute Gasteiger partial charge is 0.189 e. The number of benzene rings is 1. The van der Waals surface area contributed by atoms with Crippen LogP contribution in [0.5, 0.6) is 5.75 Å². The fraction of sp³-hybridized carbons (Fsp3) is 0.500. The van der Waals surface area contributed by atoms with Gasteiger partial charge < -0.3 is 20.4 Å². The summed E-state index contributed by atoms with van der Waals surface area (Å²) in [5.74, 6) is 2.95. The molecule has 0 amide bonds. The number of nitrogens with one attached hydrogen (secondary N) is 1. The second-order valence-electron chi connectivity index (χ2n) is 5.82. The topological polar surface area (TPSA) is 77.5 Å². The highest BCUT2D eigenvalue weighted by molar-refractivity contribution is 14.0. The number of ether oxygens (including phenoxy) is 1. The van der Waals surface area contributed by atoms with E-state index >= 15 is 0 Å². The van der Waals surface area contributed by atoms with Gasteiger partial charge in [0.25, 0.3) is 0 Å². The van der Waals surface area contributed by atoms with Gasteiger partial charge in [0.1, 0.15) is 18.1 Å². The van der Waals surface area contributed by atoms with Crippen molar-refractivity contribution < 1.29 is 4.74 Å². The van der Waals surface area contributed by atoms with Gasteiger partial charge in [0.15, 0.2) is 5.96 Å². The maximum Gasteiger partial charge on any atom is 0.189 e. The minimum Gasteiger partial charge on any atom is -0.497 e. The molecule has 3 N–H and O–H groups in total. The fourth-order valence-electron chi connectivity index (χ4n) is 2.66. The van der Waals surface area contributed by atoms with E-state index in [9.17, 15) is 0 Å². The quantitative estimate of drug-likeness (QED) is 0.435. The molecule has 23 heavy (non-hydrogen) atoms. The van der Waals surface area contributed by atoms with Crippen LogP contribution in [0.15, 0.2) is 23.2 Å². The molecule has 0 bridgehead atoms.